The van der Waals surface area contributed by atoms with Gasteiger partial charge in [-0.15, -0.1) is 0 Å². The van der Waals surface area contributed by atoms with Gasteiger partial charge in [0.2, 0.25) is 10.0 Å². The van der Waals surface area contributed by atoms with E-state index >= 15 is 0 Å². The van der Waals surface area contributed by atoms with Crippen LogP contribution < -0.4 is 5.73 Å². The maximum absolute atomic E-state index is 13.0. The first-order chi connectivity index (χ1) is 9.87. The molecule has 21 heavy (non-hydrogen) atoms. The molecule has 0 amide bonds. The molecule has 1 saturated heterocycles. The van der Waals surface area contributed by atoms with Gasteiger partial charge in [-0.3, -0.25) is 0 Å². The maximum Gasteiger partial charge on any atom is 0.245 e. The fourth-order valence-corrected chi connectivity index (χ4v) is 4.99. The summed E-state index contributed by atoms with van der Waals surface area (Å²) in [6, 6.07) is 3.58. The zero-order valence-electron chi connectivity index (χ0n) is 13.2. The molecule has 118 valence electrons. The minimum Gasteiger partial charge on any atom is -0.398 e. The van der Waals surface area contributed by atoms with Gasteiger partial charge in [-0.25, -0.2) is 8.42 Å². The third-order valence-corrected chi connectivity index (χ3v) is 6.51. The van der Waals surface area contributed by atoms with E-state index < -0.39 is 10.0 Å². The highest BCUT2D eigenvalue weighted by Gasteiger charge is 2.32. The van der Waals surface area contributed by atoms with E-state index in [1.807, 2.05) is 13.8 Å². The first kappa shape index (κ1) is 16.3. The summed E-state index contributed by atoms with van der Waals surface area (Å²) in [7, 11) is -3.51. The minimum absolute atomic E-state index is 0.0958. The number of hydrogen-bond donors (Lipinski definition) is 1. The monoisotopic (exact) mass is 310 g/mol. The Hall–Kier alpha value is -1.07. The van der Waals surface area contributed by atoms with Gasteiger partial charge >= 0.3 is 0 Å². The largest absolute Gasteiger partial charge is 0.398 e. The first-order valence-corrected chi connectivity index (χ1v) is 9.20. The number of hydrogen-bond acceptors (Lipinski definition) is 3. The van der Waals surface area contributed by atoms with Crippen molar-refractivity contribution in [1.82, 2.24) is 4.31 Å². The Kier molecular flexibility index (Phi) is 4.94. The van der Waals surface area contributed by atoms with Gasteiger partial charge in [0.25, 0.3) is 0 Å². The van der Waals surface area contributed by atoms with E-state index in [9.17, 15) is 8.42 Å². The smallest absolute Gasteiger partial charge is 0.245 e. The lowest BCUT2D eigenvalue weighted by Gasteiger charge is -2.29. The van der Waals surface area contributed by atoms with Crippen LogP contribution in [0, 0.1) is 13.8 Å². The molecule has 1 atom stereocenters. The minimum atomic E-state index is -3.51. The van der Waals surface area contributed by atoms with Crippen molar-refractivity contribution < 1.29 is 8.42 Å². The van der Waals surface area contributed by atoms with Crippen LogP contribution in [-0.2, 0) is 10.0 Å². The fraction of sp³-hybridized carbons (Fsp3) is 0.625. The lowest BCUT2D eigenvalue weighted by Crippen LogP contribution is -2.39. The predicted octanol–water partition coefficient (Wildman–Crippen LogP) is 3.23. The lowest BCUT2D eigenvalue weighted by molar-refractivity contribution is 0.315. The molecule has 0 saturated carbocycles. The van der Waals surface area contributed by atoms with Crippen molar-refractivity contribution in [2.45, 2.75) is 63.8 Å². The third-order valence-electron chi connectivity index (χ3n) is 4.51. The molecule has 1 aliphatic rings. The van der Waals surface area contributed by atoms with Crippen LogP contribution in [0.2, 0.25) is 0 Å². The van der Waals surface area contributed by atoms with Crippen molar-refractivity contribution in [2.24, 2.45) is 0 Å². The molecule has 0 aliphatic carbocycles. The summed E-state index contributed by atoms with van der Waals surface area (Å²) in [5, 5.41) is 0. The van der Waals surface area contributed by atoms with Crippen LogP contribution in [0.5, 0.6) is 0 Å². The Morgan fingerprint density at radius 1 is 1.19 bits per heavy atom. The van der Waals surface area contributed by atoms with E-state index in [0.717, 1.165) is 43.2 Å². The van der Waals surface area contributed by atoms with Gasteiger partial charge in [0.05, 0.1) is 5.69 Å². The van der Waals surface area contributed by atoms with Gasteiger partial charge in [0.1, 0.15) is 4.90 Å². The molecule has 1 heterocycles. The number of sulfonamides is 1. The molecular formula is C16H26N2O2S. The summed E-state index contributed by atoms with van der Waals surface area (Å²) >= 11 is 0. The SMILES string of the molecule is CCC1CCCCCN1S(=O)(=O)c1cc(C)c(C)cc1N. The number of benzene rings is 1. The molecule has 0 bridgehead atoms. The van der Waals surface area contributed by atoms with Crippen molar-refractivity contribution in [2.75, 3.05) is 12.3 Å². The Morgan fingerprint density at radius 3 is 2.52 bits per heavy atom. The second kappa shape index (κ2) is 6.36. The number of aryl methyl sites for hydroxylation is 2. The van der Waals surface area contributed by atoms with Gasteiger partial charge in [-0.1, -0.05) is 19.8 Å². The number of rotatable bonds is 3. The van der Waals surface area contributed by atoms with E-state index in [-0.39, 0.29) is 10.9 Å². The molecule has 0 aromatic heterocycles. The molecule has 4 nitrogen and oxygen atoms in total. The zero-order chi connectivity index (χ0) is 15.6. The standard InChI is InChI=1S/C16H26N2O2S/c1-4-14-8-6-5-7-9-18(14)21(19,20)16-11-13(3)12(2)10-15(16)17/h10-11,14H,4-9,17H2,1-3H3. The Morgan fingerprint density at radius 2 is 1.86 bits per heavy atom. The average Bonchev–Trinajstić information content (AvgIpc) is 2.68. The van der Waals surface area contributed by atoms with E-state index in [0.29, 0.717) is 12.2 Å². The van der Waals surface area contributed by atoms with Crippen LogP contribution in [-0.4, -0.2) is 25.3 Å². The molecule has 1 unspecified atom stereocenters. The van der Waals surface area contributed by atoms with Crippen molar-refractivity contribution in [1.29, 1.82) is 0 Å². The van der Waals surface area contributed by atoms with Gasteiger partial charge in [0, 0.05) is 12.6 Å². The van der Waals surface area contributed by atoms with Crippen LogP contribution >= 0.6 is 0 Å². The topological polar surface area (TPSA) is 63.4 Å². The summed E-state index contributed by atoms with van der Waals surface area (Å²) < 4.78 is 27.8. The third kappa shape index (κ3) is 3.24. The Bertz CT molecular complexity index is 611. The van der Waals surface area contributed by atoms with Crippen molar-refractivity contribution in [3.8, 4) is 0 Å². The van der Waals surface area contributed by atoms with Crippen molar-refractivity contribution in [3.63, 3.8) is 0 Å². The molecule has 1 aromatic carbocycles. The highest BCUT2D eigenvalue weighted by molar-refractivity contribution is 7.89. The molecule has 1 aromatic rings. The summed E-state index contributed by atoms with van der Waals surface area (Å²) in [4.78, 5) is 0.269. The van der Waals surface area contributed by atoms with E-state index in [1.165, 1.54) is 0 Å². The van der Waals surface area contributed by atoms with E-state index in [4.69, 9.17) is 5.73 Å². The fourth-order valence-electron chi connectivity index (χ4n) is 3.04. The molecule has 2 rings (SSSR count). The molecule has 1 fully saturated rings. The Labute approximate surface area is 128 Å². The first-order valence-electron chi connectivity index (χ1n) is 7.76. The summed E-state index contributed by atoms with van der Waals surface area (Å²) in [5.41, 5.74) is 8.35. The summed E-state index contributed by atoms with van der Waals surface area (Å²) in [6.45, 7) is 6.53. The van der Waals surface area contributed by atoms with Crippen LogP contribution in [0.15, 0.2) is 17.0 Å². The highest BCUT2D eigenvalue weighted by Crippen LogP contribution is 2.30. The predicted molar refractivity (Wildman–Crippen MR) is 86.8 cm³/mol. The van der Waals surface area contributed by atoms with Gasteiger partial charge in [-0.2, -0.15) is 4.31 Å². The molecule has 1 aliphatic heterocycles. The van der Waals surface area contributed by atoms with Crippen LogP contribution in [0.4, 0.5) is 5.69 Å². The molecule has 0 spiro atoms. The number of nitrogens with zero attached hydrogens (tertiary/aromatic N) is 1. The van der Waals surface area contributed by atoms with Gasteiger partial charge in [0.15, 0.2) is 0 Å². The van der Waals surface area contributed by atoms with E-state index in [1.54, 1.807) is 16.4 Å². The molecule has 0 radical (unpaired) electrons. The molecule has 2 N–H and O–H groups in total. The van der Waals surface area contributed by atoms with Crippen LogP contribution in [0.25, 0.3) is 0 Å². The highest BCUT2D eigenvalue weighted by atomic mass is 32.2. The normalized spacial score (nSPS) is 21.2. The number of anilines is 1. The average molecular weight is 310 g/mol. The van der Waals surface area contributed by atoms with E-state index in [2.05, 4.69) is 6.92 Å². The van der Waals surface area contributed by atoms with Gasteiger partial charge in [-0.05, 0) is 56.4 Å². The van der Waals surface area contributed by atoms with Crippen LogP contribution in [0.3, 0.4) is 0 Å². The molecular weight excluding hydrogens is 284 g/mol. The maximum atomic E-state index is 13.0. The molecule has 5 heteroatoms. The lowest BCUT2D eigenvalue weighted by atomic mass is 10.1. The Balaban J connectivity index is 2.47. The van der Waals surface area contributed by atoms with Crippen molar-refractivity contribution in [3.05, 3.63) is 23.3 Å². The number of nitrogen functional groups attached to an aromatic ring is 1. The second-order valence-corrected chi connectivity index (χ2v) is 7.86. The zero-order valence-corrected chi connectivity index (χ0v) is 14.0. The summed E-state index contributed by atoms with van der Waals surface area (Å²) in [6.07, 6.45) is 4.93. The van der Waals surface area contributed by atoms with Crippen LogP contribution in [0.1, 0.15) is 50.2 Å². The second-order valence-electron chi connectivity index (χ2n) is 6.00. The number of nitrogens with two attached hydrogens (primary N) is 1. The quantitative estimate of drug-likeness (QED) is 0.872. The summed E-state index contributed by atoms with van der Waals surface area (Å²) in [5.74, 6) is 0. The van der Waals surface area contributed by atoms with Crippen molar-refractivity contribution >= 4 is 15.7 Å². The van der Waals surface area contributed by atoms with Gasteiger partial charge < -0.3 is 5.73 Å².